The summed E-state index contributed by atoms with van der Waals surface area (Å²) in [4.78, 5) is 13.5. The zero-order valence-electron chi connectivity index (χ0n) is 7.63. The van der Waals surface area contributed by atoms with E-state index in [1.165, 1.54) is 12.1 Å². The summed E-state index contributed by atoms with van der Waals surface area (Å²) in [6.07, 6.45) is 1.95. The van der Waals surface area contributed by atoms with Crippen LogP contribution in [0.4, 0.5) is 8.78 Å². The van der Waals surface area contributed by atoms with E-state index in [1.807, 2.05) is 0 Å². The number of benzene rings is 1. The molecule has 0 unspecified atom stereocenters. The van der Waals surface area contributed by atoms with Crippen LogP contribution in [0.5, 0.6) is 0 Å². The van der Waals surface area contributed by atoms with Crippen LogP contribution in [0.2, 0.25) is 0 Å². The minimum atomic E-state index is -0.929. The minimum absolute atomic E-state index is 0.442. The maximum atomic E-state index is 12.8. The second kappa shape index (κ2) is 4.63. The molecule has 0 spiro atoms. The van der Waals surface area contributed by atoms with E-state index in [2.05, 4.69) is 4.99 Å². The highest BCUT2D eigenvalue weighted by molar-refractivity contribution is 5.35. The Bertz CT molecular complexity index is 372. The first-order valence-corrected chi connectivity index (χ1v) is 4.21. The summed E-state index contributed by atoms with van der Waals surface area (Å²) in [5.41, 5.74) is 0.481. The number of halogens is 2. The standard InChI is InChI=1S/C10H9F2NO/c1-2-10(13-6-14)7-3-4-8(11)9(12)5-7/h3-5,10H,2H2,1H3/t10-/m1/s1. The lowest BCUT2D eigenvalue weighted by molar-refractivity contribution is 0.504. The Morgan fingerprint density at radius 2 is 2.14 bits per heavy atom. The van der Waals surface area contributed by atoms with Gasteiger partial charge >= 0.3 is 0 Å². The Morgan fingerprint density at radius 1 is 1.43 bits per heavy atom. The fourth-order valence-electron chi connectivity index (χ4n) is 1.18. The van der Waals surface area contributed by atoms with E-state index in [9.17, 15) is 13.6 Å². The summed E-state index contributed by atoms with van der Waals surface area (Å²) in [5, 5.41) is 0. The van der Waals surface area contributed by atoms with Crippen LogP contribution in [0, 0.1) is 11.6 Å². The van der Waals surface area contributed by atoms with E-state index in [4.69, 9.17) is 0 Å². The first-order valence-electron chi connectivity index (χ1n) is 4.21. The summed E-state index contributed by atoms with van der Waals surface area (Å²) in [7, 11) is 0. The van der Waals surface area contributed by atoms with Crippen LogP contribution in [0.3, 0.4) is 0 Å². The molecular weight excluding hydrogens is 188 g/mol. The van der Waals surface area contributed by atoms with Gasteiger partial charge in [-0.15, -0.1) is 0 Å². The third-order valence-corrected chi connectivity index (χ3v) is 1.92. The Labute approximate surface area is 80.3 Å². The average Bonchev–Trinajstić information content (AvgIpc) is 2.19. The highest BCUT2D eigenvalue weighted by atomic mass is 19.2. The summed E-state index contributed by atoms with van der Waals surface area (Å²) in [5.74, 6) is -1.83. The van der Waals surface area contributed by atoms with Crippen LogP contribution in [0.15, 0.2) is 23.2 Å². The molecule has 0 amide bonds. The molecule has 0 saturated heterocycles. The largest absolute Gasteiger partial charge is 0.235 e. The Balaban J connectivity index is 3.05. The van der Waals surface area contributed by atoms with Crippen LogP contribution in [-0.2, 0) is 4.79 Å². The number of rotatable bonds is 3. The second-order valence-electron chi connectivity index (χ2n) is 2.82. The molecule has 0 aliphatic carbocycles. The Kier molecular flexibility index (Phi) is 3.48. The van der Waals surface area contributed by atoms with Gasteiger partial charge in [-0.05, 0) is 24.1 Å². The molecule has 1 atom stereocenters. The lowest BCUT2D eigenvalue weighted by Gasteiger charge is -2.07. The van der Waals surface area contributed by atoms with Crippen LogP contribution in [-0.4, -0.2) is 6.08 Å². The Morgan fingerprint density at radius 3 is 2.64 bits per heavy atom. The molecule has 0 heterocycles. The average molecular weight is 197 g/mol. The van der Waals surface area contributed by atoms with E-state index in [1.54, 1.807) is 6.92 Å². The smallest absolute Gasteiger partial charge is 0.211 e. The first kappa shape index (κ1) is 10.5. The number of isocyanates is 1. The third kappa shape index (κ3) is 2.24. The molecule has 1 aromatic carbocycles. The summed E-state index contributed by atoms with van der Waals surface area (Å²) < 4.78 is 25.4. The molecule has 1 aromatic rings. The van der Waals surface area contributed by atoms with Gasteiger partial charge in [0.15, 0.2) is 11.6 Å². The fraction of sp³-hybridized carbons (Fsp3) is 0.300. The molecule has 0 N–H and O–H groups in total. The number of aliphatic imine (C=N–C) groups is 1. The van der Waals surface area contributed by atoms with Crippen LogP contribution in [0.25, 0.3) is 0 Å². The molecule has 0 saturated carbocycles. The van der Waals surface area contributed by atoms with Crippen molar-refractivity contribution in [3.05, 3.63) is 35.4 Å². The minimum Gasteiger partial charge on any atom is -0.211 e. The normalized spacial score (nSPS) is 11.9. The Hall–Kier alpha value is -1.54. The van der Waals surface area contributed by atoms with Gasteiger partial charge in [-0.2, -0.15) is 4.99 Å². The van der Waals surface area contributed by atoms with Gasteiger partial charge in [-0.1, -0.05) is 13.0 Å². The van der Waals surface area contributed by atoms with Crippen molar-refractivity contribution in [3.8, 4) is 0 Å². The number of hydrogen-bond acceptors (Lipinski definition) is 2. The molecule has 0 radical (unpaired) electrons. The van der Waals surface area contributed by atoms with Gasteiger partial charge < -0.3 is 0 Å². The topological polar surface area (TPSA) is 29.4 Å². The van der Waals surface area contributed by atoms with Crippen molar-refractivity contribution in [1.82, 2.24) is 0 Å². The summed E-state index contributed by atoms with van der Waals surface area (Å²) >= 11 is 0. The monoisotopic (exact) mass is 197 g/mol. The molecule has 0 bridgehead atoms. The molecule has 0 fully saturated rings. The summed E-state index contributed by atoms with van der Waals surface area (Å²) in [6.45, 7) is 1.80. The van der Waals surface area contributed by atoms with E-state index >= 15 is 0 Å². The predicted molar refractivity (Wildman–Crippen MR) is 47.5 cm³/mol. The maximum Gasteiger partial charge on any atom is 0.235 e. The van der Waals surface area contributed by atoms with Crippen LogP contribution >= 0.6 is 0 Å². The molecular formula is C10H9F2NO. The van der Waals surface area contributed by atoms with Gasteiger partial charge in [0.2, 0.25) is 6.08 Å². The van der Waals surface area contributed by atoms with Gasteiger partial charge in [-0.3, -0.25) is 0 Å². The van der Waals surface area contributed by atoms with Gasteiger partial charge in [-0.25, -0.2) is 13.6 Å². The SMILES string of the molecule is CC[C@@H](N=C=O)c1ccc(F)c(F)c1. The lowest BCUT2D eigenvalue weighted by Crippen LogP contribution is -1.95. The van der Waals surface area contributed by atoms with Crippen LogP contribution in [0.1, 0.15) is 24.9 Å². The quantitative estimate of drug-likeness (QED) is 0.541. The zero-order chi connectivity index (χ0) is 10.6. The van der Waals surface area contributed by atoms with E-state index in [0.717, 1.165) is 12.1 Å². The van der Waals surface area contributed by atoms with E-state index in [-0.39, 0.29) is 0 Å². The van der Waals surface area contributed by atoms with E-state index in [0.29, 0.717) is 12.0 Å². The number of nitrogens with zero attached hydrogens (tertiary/aromatic N) is 1. The molecule has 0 aromatic heterocycles. The van der Waals surface area contributed by atoms with Crippen molar-refractivity contribution >= 4 is 6.08 Å². The lowest BCUT2D eigenvalue weighted by atomic mass is 10.1. The number of carbonyl (C=O) groups excluding carboxylic acids is 1. The maximum absolute atomic E-state index is 12.8. The highest BCUT2D eigenvalue weighted by Gasteiger charge is 2.10. The molecule has 14 heavy (non-hydrogen) atoms. The van der Waals surface area contributed by atoms with Gasteiger partial charge in [0.1, 0.15) is 0 Å². The zero-order valence-corrected chi connectivity index (χ0v) is 7.63. The molecule has 2 nitrogen and oxygen atoms in total. The fourth-order valence-corrected chi connectivity index (χ4v) is 1.18. The highest BCUT2D eigenvalue weighted by Crippen LogP contribution is 2.21. The number of hydrogen-bond donors (Lipinski definition) is 0. The van der Waals surface area contributed by atoms with Crippen molar-refractivity contribution in [2.45, 2.75) is 19.4 Å². The van der Waals surface area contributed by atoms with Crippen molar-refractivity contribution in [2.75, 3.05) is 0 Å². The molecule has 74 valence electrons. The third-order valence-electron chi connectivity index (χ3n) is 1.92. The van der Waals surface area contributed by atoms with Crippen molar-refractivity contribution in [1.29, 1.82) is 0 Å². The molecule has 1 rings (SSSR count). The van der Waals surface area contributed by atoms with Crippen molar-refractivity contribution < 1.29 is 13.6 Å². The van der Waals surface area contributed by atoms with E-state index < -0.39 is 17.7 Å². The van der Waals surface area contributed by atoms with Gasteiger partial charge in [0, 0.05) is 0 Å². The molecule has 4 heteroatoms. The van der Waals surface area contributed by atoms with Gasteiger partial charge in [0.25, 0.3) is 0 Å². The molecule has 0 aliphatic heterocycles. The first-order chi connectivity index (χ1) is 6.69. The second-order valence-corrected chi connectivity index (χ2v) is 2.82. The molecule has 0 aliphatic rings. The van der Waals surface area contributed by atoms with Crippen LogP contribution < -0.4 is 0 Å². The van der Waals surface area contributed by atoms with Crippen molar-refractivity contribution in [2.24, 2.45) is 4.99 Å². The predicted octanol–water partition coefficient (Wildman–Crippen LogP) is 2.75. The van der Waals surface area contributed by atoms with Crippen molar-refractivity contribution in [3.63, 3.8) is 0 Å². The summed E-state index contributed by atoms with van der Waals surface area (Å²) in [6, 6.07) is 3.04. The van der Waals surface area contributed by atoms with Gasteiger partial charge in [0.05, 0.1) is 6.04 Å².